The number of hydrogen-bond donors (Lipinski definition) is 1. The molecule has 118 valence electrons. The number of fused-ring (bicyclic) bond motifs is 2. The van der Waals surface area contributed by atoms with E-state index in [9.17, 15) is 9.18 Å². The van der Waals surface area contributed by atoms with E-state index in [-0.39, 0.29) is 5.78 Å². The molecule has 0 amide bonds. The van der Waals surface area contributed by atoms with Gasteiger partial charge in [-0.15, -0.1) is 5.11 Å². The molecule has 1 spiro atoms. The summed E-state index contributed by atoms with van der Waals surface area (Å²) in [5.41, 5.74) is 1.38. The Morgan fingerprint density at radius 3 is 2.77 bits per heavy atom. The summed E-state index contributed by atoms with van der Waals surface area (Å²) in [6, 6.07) is 0. The number of allylic oxidation sites excluding steroid dienone is 2. The molecule has 4 rings (SSSR count). The van der Waals surface area contributed by atoms with Crippen LogP contribution in [0.4, 0.5) is 4.39 Å². The topological polar surface area (TPSA) is 63.0 Å². The fourth-order valence-corrected chi connectivity index (χ4v) is 4.25. The van der Waals surface area contributed by atoms with Gasteiger partial charge in [-0.2, -0.15) is 5.11 Å². The first-order valence-electron chi connectivity index (χ1n) is 7.83. The van der Waals surface area contributed by atoms with Crippen LogP contribution in [0.1, 0.15) is 33.1 Å². The summed E-state index contributed by atoms with van der Waals surface area (Å²) < 4.78 is 20.2. The van der Waals surface area contributed by atoms with Crippen molar-refractivity contribution in [1.82, 2.24) is 5.32 Å². The fraction of sp³-hybridized carbons (Fsp3) is 0.688. The summed E-state index contributed by atoms with van der Waals surface area (Å²) in [5.74, 6) is 0.403. The van der Waals surface area contributed by atoms with E-state index in [0.717, 1.165) is 17.1 Å². The molecule has 1 saturated heterocycles. The molecular weight excluding hydrogens is 285 g/mol. The highest BCUT2D eigenvalue weighted by atomic mass is 19.1. The molecule has 1 fully saturated rings. The van der Waals surface area contributed by atoms with Gasteiger partial charge in [0.25, 0.3) is 0 Å². The smallest absolute Gasteiger partial charge is 0.196 e. The van der Waals surface area contributed by atoms with Gasteiger partial charge in [0.1, 0.15) is 0 Å². The van der Waals surface area contributed by atoms with Crippen molar-refractivity contribution in [3.05, 3.63) is 22.7 Å². The molecule has 4 aliphatic rings. The van der Waals surface area contributed by atoms with Gasteiger partial charge >= 0.3 is 0 Å². The summed E-state index contributed by atoms with van der Waals surface area (Å²) in [7, 11) is 0. The second-order valence-corrected chi connectivity index (χ2v) is 7.29. The van der Waals surface area contributed by atoms with E-state index >= 15 is 0 Å². The Balaban J connectivity index is 1.88. The minimum Gasteiger partial charge on any atom is -0.381 e. The molecule has 0 saturated carbocycles. The van der Waals surface area contributed by atoms with Gasteiger partial charge in [-0.1, -0.05) is 13.8 Å². The Morgan fingerprint density at radius 2 is 2.05 bits per heavy atom. The zero-order chi connectivity index (χ0) is 15.5. The second kappa shape index (κ2) is 4.47. The van der Waals surface area contributed by atoms with Gasteiger partial charge in [0.2, 0.25) is 0 Å². The maximum Gasteiger partial charge on any atom is 0.196 e. The highest BCUT2D eigenvalue weighted by Crippen LogP contribution is 2.55. The summed E-state index contributed by atoms with van der Waals surface area (Å²) in [6.07, 6.45) is 0.474. The molecule has 0 aromatic rings. The van der Waals surface area contributed by atoms with E-state index in [2.05, 4.69) is 15.5 Å². The van der Waals surface area contributed by atoms with Gasteiger partial charge in [0, 0.05) is 40.9 Å². The molecule has 1 N–H and O–H groups in total. The fourth-order valence-electron chi connectivity index (χ4n) is 4.25. The van der Waals surface area contributed by atoms with Gasteiger partial charge in [-0.25, -0.2) is 4.39 Å². The molecule has 1 aliphatic carbocycles. The third kappa shape index (κ3) is 1.70. The summed E-state index contributed by atoms with van der Waals surface area (Å²) >= 11 is 0. The average Bonchev–Trinajstić information content (AvgIpc) is 2.94. The van der Waals surface area contributed by atoms with Crippen LogP contribution < -0.4 is 5.32 Å². The average molecular weight is 305 g/mol. The Bertz CT molecular complexity index is 642. The lowest BCUT2D eigenvalue weighted by Crippen LogP contribution is -2.50. The monoisotopic (exact) mass is 305 g/mol. The lowest BCUT2D eigenvalue weighted by atomic mass is 9.60. The molecule has 6 heteroatoms. The number of carbonyl (C=O) groups excluding carboxylic acids is 1. The number of carbonyl (C=O) groups is 1. The molecule has 22 heavy (non-hydrogen) atoms. The van der Waals surface area contributed by atoms with Crippen molar-refractivity contribution >= 4 is 5.78 Å². The number of nitrogens with zero attached hydrogens (tertiary/aromatic N) is 2. The Labute approximate surface area is 128 Å². The normalized spacial score (nSPS) is 32.1. The van der Waals surface area contributed by atoms with Crippen LogP contribution in [0.3, 0.4) is 0 Å². The first-order valence-corrected chi connectivity index (χ1v) is 7.83. The second-order valence-electron chi connectivity index (χ2n) is 7.29. The minimum atomic E-state index is -1.45. The van der Waals surface area contributed by atoms with Crippen LogP contribution in [0, 0.1) is 10.8 Å². The van der Waals surface area contributed by atoms with Gasteiger partial charge in [-0.05, 0) is 19.3 Å². The predicted octanol–water partition coefficient (Wildman–Crippen LogP) is 2.66. The lowest BCUT2D eigenvalue weighted by molar-refractivity contribution is -0.127. The van der Waals surface area contributed by atoms with Crippen LogP contribution in [0.2, 0.25) is 0 Å². The Hall–Kier alpha value is -1.56. The van der Waals surface area contributed by atoms with Crippen molar-refractivity contribution in [2.24, 2.45) is 21.1 Å². The van der Waals surface area contributed by atoms with E-state index in [0.29, 0.717) is 44.6 Å². The van der Waals surface area contributed by atoms with Crippen molar-refractivity contribution in [2.75, 3.05) is 19.8 Å². The van der Waals surface area contributed by atoms with Crippen molar-refractivity contribution in [2.45, 2.75) is 39.3 Å². The largest absolute Gasteiger partial charge is 0.381 e. The van der Waals surface area contributed by atoms with Crippen LogP contribution in [0.25, 0.3) is 0 Å². The number of ether oxygens (including phenoxy) is 1. The number of dihydropyridines is 1. The van der Waals surface area contributed by atoms with Gasteiger partial charge in [0.15, 0.2) is 17.8 Å². The highest BCUT2D eigenvalue weighted by molar-refractivity contribution is 6.03. The first kappa shape index (κ1) is 14.1. The standard InChI is InChI=1S/C16H20FN3O2/c1-15(2)7-10-11(12(21)13(15)17)16(3-5-22-6-4-16)9-8-18-20-14(9)19-10/h13,19H,3-8H2,1-2H3/t13-/m0/s1. The quantitative estimate of drug-likeness (QED) is 0.748. The molecule has 0 aromatic carbocycles. The number of hydrogen-bond acceptors (Lipinski definition) is 5. The van der Waals surface area contributed by atoms with E-state index in [1.165, 1.54) is 0 Å². The summed E-state index contributed by atoms with van der Waals surface area (Å²) in [5, 5.41) is 11.6. The number of Topliss-reactive ketones (excluding diaryl/α,β-unsaturated/α-hetero) is 1. The summed E-state index contributed by atoms with van der Waals surface area (Å²) in [4.78, 5) is 12.8. The van der Waals surface area contributed by atoms with Crippen molar-refractivity contribution in [1.29, 1.82) is 0 Å². The minimum absolute atomic E-state index is 0.362. The number of rotatable bonds is 0. The SMILES string of the molecule is CC1(C)CC2=C(C(=O)[C@@H]1F)C1(CCOCC1)C1=C(N=NC1)N2. The number of azo groups is 1. The van der Waals surface area contributed by atoms with Crippen LogP contribution >= 0.6 is 0 Å². The van der Waals surface area contributed by atoms with Crippen LogP contribution in [-0.2, 0) is 9.53 Å². The van der Waals surface area contributed by atoms with E-state index in [1.807, 2.05) is 0 Å². The molecule has 3 heterocycles. The van der Waals surface area contributed by atoms with Gasteiger partial charge in [0.05, 0.1) is 6.54 Å². The number of nitrogens with one attached hydrogen (secondary N) is 1. The third-order valence-corrected chi connectivity index (χ3v) is 5.45. The molecule has 0 unspecified atom stereocenters. The Kier molecular flexibility index (Phi) is 2.86. The van der Waals surface area contributed by atoms with Crippen LogP contribution in [0.5, 0.6) is 0 Å². The summed E-state index contributed by atoms with van der Waals surface area (Å²) in [6.45, 7) is 5.27. The molecule has 0 radical (unpaired) electrons. The molecule has 3 aliphatic heterocycles. The number of ketones is 1. The zero-order valence-corrected chi connectivity index (χ0v) is 12.9. The maximum atomic E-state index is 14.7. The molecule has 5 nitrogen and oxygen atoms in total. The third-order valence-electron chi connectivity index (χ3n) is 5.45. The van der Waals surface area contributed by atoms with Crippen molar-refractivity contribution in [3.8, 4) is 0 Å². The lowest BCUT2D eigenvalue weighted by Gasteiger charge is -2.48. The van der Waals surface area contributed by atoms with Crippen molar-refractivity contribution in [3.63, 3.8) is 0 Å². The van der Waals surface area contributed by atoms with Crippen LogP contribution in [-0.4, -0.2) is 31.7 Å². The molecule has 0 aromatic heterocycles. The van der Waals surface area contributed by atoms with E-state index in [1.54, 1.807) is 13.8 Å². The maximum absolute atomic E-state index is 14.7. The molecule has 0 bridgehead atoms. The Morgan fingerprint density at radius 1 is 1.32 bits per heavy atom. The van der Waals surface area contributed by atoms with Crippen LogP contribution in [0.15, 0.2) is 32.9 Å². The zero-order valence-electron chi connectivity index (χ0n) is 12.9. The number of halogens is 1. The van der Waals surface area contributed by atoms with E-state index in [4.69, 9.17) is 4.74 Å². The number of alkyl halides is 1. The van der Waals surface area contributed by atoms with Gasteiger partial charge in [-0.3, -0.25) is 4.79 Å². The predicted molar refractivity (Wildman–Crippen MR) is 77.7 cm³/mol. The van der Waals surface area contributed by atoms with E-state index < -0.39 is 17.0 Å². The highest BCUT2D eigenvalue weighted by Gasteiger charge is 2.55. The van der Waals surface area contributed by atoms with Gasteiger partial charge < -0.3 is 10.1 Å². The molecule has 1 atom stereocenters. The first-order chi connectivity index (χ1) is 10.5. The molecular formula is C16H20FN3O2. The van der Waals surface area contributed by atoms with Crippen molar-refractivity contribution < 1.29 is 13.9 Å².